The van der Waals surface area contributed by atoms with E-state index >= 15 is 0 Å². The summed E-state index contributed by atoms with van der Waals surface area (Å²) in [6, 6.07) is 6.75. The number of nitrogens with one attached hydrogen (secondary N) is 1. The van der Waals surface area contributed by atoms with Crippen molar-refractivity contribution in [3.8, 4) is 0 Å². The maximum atomic E-state index is 13.1. The van der Waals surface area contributed by atoms with Crippen LogP contribution < -0.4 is 5.32 Å². The molecule has 0 saturated carbocycles. The maximum absolute atomic E-state index is 13.1. The Morgan fingerprint density at radius 3 is 2.58 bits per heavy atom. The summed E-state index contributed by atoms with van der Waals surface area (Å²) in [6.45, 7) is 1.64. The Morgan fingerprint density at radius 1 is 1.29 bits per heavy atom. The van der Waals surface area contributed by atoms with E-state index in [9.17, 15) is 8.42 Å². The molecule has 1 atom stereocenters. The first kappa shape index (κ1) is 19.3. The van der Waals surface area contributed by atoms with E-state index in [0.29, 0.717) is 24.5 Å². The van der Waals surface area contributed by atoms with Crippen molar-refractivity contribution in [1.29, 1.82) is 0 Å². The molecular weight excluding hydrogens is 368 g/mol. The van der Waals surface area contributed by atoms with E-state index in [0.717, 1.165) is 10.7 Å². The number of hydrogen-bond acceptors (Lipinski definition) is 5. The summed E-state index contributed by atoms with van der Waals surface area (Å²) in [7, 11) is -1.66. The normalized spacial score (nSPS) is 19.0. The maximum Gasteiger partial charge on any atom is 0.243 e. The van der Waals surface area contributed by atoms with E-state index < -0.39 is 10.0 Å². The van der Waals surface area contributed by atoms with Gasteiger partial charge in [-0.15, -0.1) is 24.2 Å². The van der Waals surface area contributed by atoms with E-state index in [2.05, 4.69) is 10.3 Å². The van der Waals surface area contributed by atoms with Gasteiger partial charge in [0, 0.05) is 44.0 Å². The number of aryl methyl sites for hydroxylation is 1. The topological polar surface area (TPSA) is 67.2 Å². The Labute approximate surface area is 153 Å². The number of aromatic nitrogens is 2. The van der Waals surface area contributed by atoms with Crippen LogP contribution in [0.1, 0.15) is 11.9 Å². The molecule has 1 aliphatic heterocycles. The minimum Gasteiger partial charge on any atom is -0.337 e. The highest BCUT2D eigenvalue weighted by molar-refractivity contribution is 7.98. The Balaban J connectivity index is 0.00000208. The third-order valence-corrected chi connectivity index (χ3v) is 6.68. The van der Waals surface area contributed by atoms with Crippen LogP contribution in [0.4, 0.5) is 0 Å². The van der Waals surface area contributed by atoms with Crippen LogP contribution in [0.15, 0.2) is 46.5 Å². The van der Waals surface area contributed by atoms with Gasteiger partial charge in [-0.3, -0.25) is 0 Å². The van der Waals surface area contributed by atoms with Crippen molar-refractivity contribution in [2.75, 3.05) is 25.9 Å². The Morgan fingerprint density at radius 2 is 2.00 bits per heavy atom. The van der Waals surface area contributed by atoms with Gasteiger partial charge in [-0.1, -0.05) is 0 Å². The molecule has 0 aliphatic carbocycles. The summed E-state index contributed by atoms with van der Waals surface area (Å²) < 4.78 is 29.5. The number of nitrogens with zero attached hydrogens (tertiary/aromatic N) is 3. The number of rotatable bonds is 4. The zero-order valence-corrected chi connectivity index (χ0v) is 16.0. The SMILES string of the molecule is CSc1ccc(S(=O)(=O)N2CCNCC2c2nccn2C)cc1.Cl. The van der Waals surface area contributed by atoms with Crippen LogP contribution >= 0.6 is 24.2 Å². The predicted octanol–water partition coefficient (Wildman–Crippen LogP) is 1.90. The van der Waals surface area contributed by atoms with E-state index in [4.69, 9.17) is 0 Å². The third kappa shape index (κ3) is 3.62. The summed E-state index contributed by atoms with van der Waals surface area (Å²) in [5.74, 6) is 0.751. The zero-order chi connectivity index (χ0) is 16.4. The van der Waals surface area contributed by atoms with E-state index in [-0.39, 0.29) is 18.4 Å². The second kappa shape index (κ2) is 7.88. The molecule has 6 nitrogen and oxygen atoms in total. The van der Waals surface area contributed by atoms with Gasteiger partial charge in [0.05, 0.1) is 10.9 Å². The van der Waals surface area contributed by atoms with Gasteiger partial charge in [-0.05, 0) is 30.5 Å². The summed E-state index contributed by atoms with van der Waals surface area (Å²) in [5.41, 5.74) is 0. The molecule has 1 fully saturated rings. The molecule has 1 unspecified atom stereocenters. The lowest BCUT2D eigenvalue weighted by atomic mass is 10.2. The van der Waals surface area contributed by atoms with E-state index in [1.165, 1.54) is 0 Å². The zero-order valence-electron chi connectivity index (χ0n) is 13.5. The van der Waals surface area contributed by atoms with Crippen molar-refractivity contribution in [2.24, 2.45) is 7.05 Å². The molecule has 2 aromatic rings. The highest BCUT2D eigenvalue weighted by Gasteiger charge is 2.36. The van der Waals surface area contributed by atoms with Crippen LogP contribution in [-0.2, 0) is 17.1 Å². The molecule has 24 heavy (non-hydrogen) atoms. The second-order valence-electron chi connectivity index (χ2n) is 5.41. The molecule has 1 saturated heterocycles. The van der Waals surface area contributed by atoms with Crippen molar-refractivity contribution in [2.45, 2.75) is 15.8 Å². The number of piperazine rings is 1. The quantitative estimate of drug-likeness (QED) is 0.810. The fraction of sp³-hybridized carbons (Fsp3) is 0.400. The number of hydrogen-bond donors (Lipinski definition) is 1. The van der Waals surface area contributed by atoms with Crippen molar-refractivity contribution in [3.05, 3.63) is 42.5 Å². The van der Waals surface area contributed by atoms with Crippen LogP contribution in [0.25, 0.3) is 0 Å². The molecule has 0 spiro atoms. The van der Waals surface area contributed by atoms with E-state index in [1.54, 1.807) is 34.4 Å². The van der Waals surface area contributed by atoms with Crippen LogP contribution in [0.5, 0.6) is 0 Å². The summed E-state index contributed by atoms with van der Waals surface area (Å²) in [6.07, 6.45) is 5.50. The van der Waals surface area contributed by atoms with Crippen LogP contribution in [0, 0.1) is 0 Å². The first-order valence-electron chi connectivity index (χ1n) is 7.38. The largest absolute Gasteiger partial charge is 0.337 e. The Bertz CT molecular complexity index is 777. The molecule has 0 radical (unpaired) electrons. The van der Waals surface area contributed by atoms with Gasteiger partial charge in [0.1, 0.15) is 5.82 Å². The standard InChI is InChI=1S/C15H20N4O2S2.ClH/c1-18-9-8-17-15(18)14-11-16-7-10-19(14)23(20,21)13-5-3-12(22-2)4-6-13;/h3-6,8-9,14,16H,7,10-11H2,1-2H3;1H. The van der Waals surface area contributed by atoms with Gasteiger partial charge in [0.15, 0.2) is 0 Å². The van der Waals surface area contributed by atoms with Crippen molar-refractivity contribution >= 4 is 34.2 Å². The van der Waals surface area contributed by atoms with Crippen molar-refractivity contribution in [3.63, 3.8) is 0 Å². The van der Waals surface area contributed by atoms with Gasteiger partial charge in [-0.25, -0.2) is 13.4 Å². The molecule has 1 aliphatic rings. The van der Waals surface area contributed by atoms with E-state index in [1.807, 2.05) is 36.2 Å². The summed E-state index contributed by atoms with van der Waals surface area (Å²) in [5, 5.41) is 3.26. The molecule has 2 heterocycles. The summed E-state index contributed by atoms with van der Waals surface area (Å²) >= 11 is 1.59. The number of imidazole rings is 1. The number of benzene rings is 1. The van der Waals surface area contributed by atoms with Crippen molar-refractivity contribution in [1.82, 2.24) is 19.2 Å². The van der Waals surface area contributed by atoms with Gasteiger partial charge >= 0.3 is 0 Å². The Hall–Kier alpha value is -1.06. The van der Waals surface area contributed by atoms with Crippen LogP contribution in [-0.4, -0.2) is 48.2 Å². The van der Waals surface area contributed by atoms with Crippen LogP contribution in [0.2, 0.25) is 0 Å². The lowest BCUT2D eigenvalue weighted by molar-refractivity contribution is 0.258. The van der Waals surface area contributed by atoms with Gasteiger partial charge in [-0.2, -0.15) is 4.31 Å². The second-order valence-corrected chi connectivity index (χ2v) is 8.18. The van der Waals surface area contributed by atoms with Gasteiger partial charge < -0.3 is 9.88 Å². The highest BCUT2D eigenvalue weighted by Crippen LogP contribution is 2.28. The third-order valence-electron chi connectivity index (χ3n) is 4.02. The fourth-order valence-corrected chi connectivity index (χ4v) is 4.77. The minimum atomic E-state index is -3.55. The Kier molecular flexibility index (Phi) is 6.33. The molecule has 1 aromatic heterocycles. The smallest absolute Gasteiger partial charge is 0.243 e. The molecular formula is C15H21ClN4O2S2. The molecule has 9 heteroatoms. The first-order chi connectivity index (χ1) is 11.0. The number of sulfonamides is 1. The first-order valence-corrected chi connectivity index (χ1v) is 10.0. The lowest BCUT2D eigenvalue weighted by Crippen LogP contribution is -2.49. The number of thioether (sulfide) groups is 1. The predicted molar refractivity (Wildman–Crippen MR) is 98.2 cm³/mol. The molecule has 0 bridgehead atoms. The fourth-order valence-electron chi connectivity index (χ4n) is 2.77. The molecule has 1 N–H and O–H groups in total. The molecule has 3 rings (SSSR count). The summed E-state index contributed by atoms with van der Waals surface area (Å²) in [4.78, 5) is 5.71. The monoisotopic (exact) mass is 388 g/mol. The van der Waals surface area contributed by atoms with Crippen LogP contribution in [0.3, 0.4) is 0 Å². The van der Waals surface area contributed by atoms with Gasteiger partial charge in [0.25, 0.3) is 0 Å². The molecule has 0 amide bonds. The molecule has 1 aromatic carbocycles. The highest BCUT2D eigenvalue weighted by atomic mass is 35.5. The number of halogens is 1. The average Bonchev–Trinajstić information content (AvgIpc) is 3.01. The lowest BCUT2D eigenvalue weighted by Gasteiger charge is -2.34. The van der Waals surface area contributed by atoms with Crippen molar-refractivity contribution < 1.29 is 8.42 Å². The minimum absolute atomic E-state index is 0. The molecule has 132 valence electrons. The van der Waals surface area contributed by atoms with Gasteiger partial charge in [0.2, 0.25) is 10.0 Å². The average molecular weight is 389 g/mol.